The first-order chi connectivity index (χ1) is 13.3. The van der Waals surface area contributed by atoms with Crippen molar-refractivity contribution >= 4 is 45.9 Å². The van der Waals surface area contributed by atoms with Gasteiger partial charge in [-0.3, -0.25) is 15.0 Å². The molecule has 0 saturated carbocycles. The third kappa shape index (κ3) is 5.59. The van der Waals surface area contributed by atoms with Gasteiger partial charge in [0.05, 0.1) is 14.7 Å². The van der Waals surface area contributed by atoms with Crippen LogP contribution in [0.5, 0.6) is 11.5 Å². The fourth-order valence-electron chi connectivity index (χ4n) is 2.49. The third-order valence-corrected chi connectivity index (χ3v) is 4.98. The summed E-state index contributed by atoms with van der Waals surface area (Å²) >= 11 is 8.34. The molecular formula is C20H22ClIN2O4. The Morgan fingerprint density at radius 1 is 1.11 bits per heavy atom. The number of nitrogens with two attached hydrogens (primary N) is 1. The lowest BCUT2D eigenvalue weighted by molar-refractivity contribution is 0.0786. The summed E-state index contributed by atoms with van der Waals surface area (Å²) in [4.78, 5) is 24.5. The number of rotatable bonds is 8. The fraction of sp³-hybridized carbons (Fsp3) is 0.300. The van der Waals surface area contributed by atoms with Gasteiger partial charge < -0.3 is 9.47 Å². The van der Waals surface area contributed by atoms with Gasteiger partial charge in [0.1, 0.15) is 11.5 Å². The Morgan fingerprint density at radius 3 is 2.29 bits per heavy atom. The summed E-state index contributed by atoms with van der Waals surface area (Å²) in [5.41, 5.74) is 2.87. The van der Waals surface area contributed by atoms with E-state index in [4.69, 9.17) is 26.9 Å². The standard InChI is InChI=1S/C20H22ClIN2O4/c1-4-16(28-17-7-6-13(9-14(17)21)20(26)24-23)19(25)12-5-8-18(15(22)10-12)27-11(2)3/h5-11,16H,4,23H2,1-3H3,(H,24,26). The highest BCUT2D eigenvalue weighted by molar-refractivity contribution is 14.1. The molecule has 0 bridgehead atoms. The number of amides is 1. The van der Waals surface area contributed by atoms with Crippen molar-refractivity contribution in [1.82, 2.24) is 5.43 Å². The van der Waals surface area contributed by atoms with E-state index in [1.54, 1.807) is 24.3 Å². The van der Waals surface area contributed by atoms with Crippen LogP contribution in [0.2, 0.25) is 5.02 Å². The highest BCUT2D eigenvalue weighted by Gasteiger charge is 2.22. The van der Waals surface area contributed by atoms with Crippen molar-refractivity contribution in [2.24, 2.45) is 5.84 Å². The molecule has 0 radical (unpaired) electrons. The van der Waals surface area contributed by atoms with Crippen molar-refractivity contribution in [3.63, 3.8) is 0 Å². The van der Waals surface area contributed by atoms with Crippen LogP contribution in [0.25, 0.3) is 0 Å². The number of halogens is 2. The largest absolute Gasteiger partial charge is 0.490 e. The van der Waals surface area contributed by atoms with Gasteiger partial charge in [0.2, 0.25) is 5.78 Å². The molecule has 0 aromatic heterocycles. The lowest BCUT2D eigenvalue weighted by atomic mass is 10.0. The number of hydrazine groups is 1. The Morgan fingerprint density at radius 2 is 1.75 bits per heavy atom. The van der Waals surface area contributed by atoms with E-state index in [1.807, 2.05) is 26.2 Å². The third-order valence-electron chi connectivity index (χ3n) is 3.84. The zero-order valence-electron chi connectivity index (χ0n) is 15.8. The number of carbonyl (C=O) groups excluding carboxylic acids is 2. The molecule has 0 aliphatic rings. The van der Waals surface area contributed by atoms with Gasteiger partial charge in [-0.1, -0.05) is 18.5 Å². The molecule has 1 unspecified atom stereocenters. The summed E-state index contributed by atoms with van der Waals surface area (Å²) in [6.07, 6.45) is -0.200. The van der Waals surface area contributed by atoms with E-state index in [0.29, 0.717) is 23.3 Å². The predicted molar refractivity (Wildman–Crippen MR) is 117 cm³/mol. The number of Topliss-reactive ketones (excluding diaryl/α,β-unsaturated/α-hetero) is 1. The van der Waals surface area contributed by atoms with Gasteiger partial charge in [0, 0.05) is 11.1 Å². The topological polar surface area (TPSA) is 90.6 Å². The number of benzene rings is 2. The Hall–Kier alpha value is -1.84. The predicted octanol–water partition coefficient (Wildman–Crippen LogP) is 4.38. The molecule has 0 fully saturated rings. The van der Waals surface area contributed by atoms with Gasteiger partial charge in [0.25, 0.3) is 5.91 Å². The SMILES string of the molecule is CCC(Oc1ccc(C(=O)NN)cc1Cl)C(=O)c1ccc(OC(C)C)c(I)c1. The van der Waals surface area contributed by atoms with Gasteiger partial charge in [-0.15, -0.1) is 0 Å². The van der Waals surface area contributed by atoms with Crippen LogP contribution in [0.15, 0.2) is 36.4 Å². The molecule has 1 amide bonds. The number of hydrogen-bond donors (Lipinski definition) is 2. The maximum Gasteiger partial charge on any atom is 0.265 e. The average Bonchev–Trinajstić information content (AvgIpc) is 2.67. The van der Waals surface area contributed by atoms with Crippen LogP contribution in [0, 0.1) is 3.57 Å². The van der Waals surface area contributed by atoms with Gasteiger partial charge in [-0.05, 0) is 79.3 Å². The van der Waals surface area contributed by atoms with E-state index in [1.165, 1.54) is 12.1 Å². The molecule has 6 nitrogen and oxygen atoms in total. The van der Waals surface area contributed by atoms with Crippen molar-refractivity contribution in [2.75, 3.05) is 0 Å². The number of carbonyl (C=O) groups is 2. The first-order valence-electron chi connectivity index (χ1n) is 8.74. The summed E-state index contributed by atoms with van der Waals surface area (Å²) in [7, 11) is 0. The quantitative estimate of drug-likeness (QED) is 0.179. The van der Waals surface area contributed by atoms with Crippen molar-refractivity contribution in [3.8, 4) is 11.5 Å². The normalized spacial score (nSPS) is 11.8. The molecule has 2 aromatic carbocycles. The summed E-state index contributed by atoms with van der Waals surface area (Å²) in [6.45, 7) is 5.75. The monoisotopic (exact) mass is 516 g/mol. The van der Waals surface area contributed by atoms with Gasteiger partial charge in [-0.25, -0.2) is 5.84 Å². The van der Waals surface area contributed by atoms with Crippen molar-refractivity contribution in [2.45, 2.75) is 39.4 Å². The average molecular weight is 517 g/mol. The van der Waals surface area contributed by atoms with Crippen LogP contribution in [-0.4, -0.2) is 23.9 Å². The van der Waals surface area contributed by atoms with Gasteiger partial charge >= 0.3 is 0 Å². The van der Waals surface area contributed by atoms with E-state index in [9.17, 15) is 9.59 Å². The molecule has 150 valence electrons. The zero-order chi connectivity index (χ0) is 20.8. The molecule has 0 heterocycles. The smallest absolute Gasteiger partial charge is 0.265 e. The molecule has 0 spiro atoms. The molecule has 28 heavy (non-hydrogen) atoms. The first-order valence-corrected chi connectivity index (χ1v) is 10.2. The minimum atomic E-state index is -0.709. The second kappa shape index (κ2) is 10.1. The van der Waals surface area contributed by atoms with E-state index in [-0.39, 0.29) is 16.9 Å². The minimum absolute atomic E-state index is 0.0493. The Labute approximate surface area is 182 Å². The van der Waals surface area contributed by atoms with E-state index < -0.39 is 12.0 Å². The van der Waals surface area contributed by atoms with Crippen LogP contribution in [0.1, 0.15) is 47.9 Å². The highest BCUT2D eigenvalue weighted by Crippen LogP contribution is 2.29. The van der Waals surface area contributed by atoms with Crippen LogP contribution in [0.4, 0.5) is 0 Å². The molecule has 0 aliphatic heterocycles. The molecule has 0 aliphatic carbocycles. The van der Waals surface area contributed by atoms with Gasteiger partial charge in [0.15, 0.2) is 6.10 Å². The van der Waals surface area contributed by atoms with Crippen molar-refractivity contribution < 1.29 is 19.1 Å². The molecule has 2 rings (SSSR count). The van der Waals surface area contributed by atoms with Crippen LogP contribution >= 0.6 is 34.2 Å². The maximum absolute atomic E-state index is 12.9. The van der Waals surface area contributed by atoms with E-state index >= 15 is 0 Å². The number of hydrogen-bond acceptors (Lipinski definition) is 5. The molecule has 8 heteroatoms. The Bertz CT molecular complexity index is 873. The molecule has 0 saturated heterocycles. The Balaban J connectivity index is 2.20. The number of ether oxygens (including phenoxy) is 2. The van der Waals surface area contributed by atoms with Crippen LogP contribution < -0.4 is 20.7 Å². The molecule has 2 aromatic rings. The summed E-state index contributed by atoms with van der Waals surface area (Å²) in [5, 5.41) is 0.225. The van der Waals surface area contributed by atoms with Crippen molar-refractivity contribution in [3.05, 3.63) is 56.1 Å². The van der Waals surface area contributed by atoms with Crippen molar-refractivity contribution in [1.29, 1.82) is 0 Å². The van der Waals surface area contributed by atoms with Crippen LogP contribution in [-0.2, 0) is 0 Å². The van der Waals surface area contributed by atoms with E-state index in [0.717, 1.165) is 9.32 Å². The molecular weight excluding hydrogens is 495 g/mol. The van der Waals surface area contributed by atoms with E-state index in [2.05, 4.69) is 22.6 Å². The number of nitrogens with one attached hydrogen (secondary N) is 1. The number of ketones is 1. The lowest BCUT2D eigenvalue weighted by Crippen LogP contribution is -2.30. The second-order valence-corrected chi connectivity index (χ2v) is 7.88. The first kappa shape index (κ1) is 22.4. The fourth-order valence-corrected chi connectivity index (χ4v) is 3.35. The molecule has 3 N–H and O–H groups in total. The Kier molecular flexibility index (Phi) is 8.09. The highest BCUT2D eigenvalue weighted by atomic mass is 127. The number of nitrogen functional groups attached to an aromatic ring is 1. The van der Waals surface area contributed by atoms with Crippen LogP contribution in [0.3, 0.4) is 0 Å². The summed E-state index contributed by atoms with van der Waals surface area (Å²) in [6, 6.07) is 9.81. The van der Waals surface area contributed by atoms with Gasteiger partial charge in [-0.2, -0.15) is 0 Å². The second-order valence-electron chi connectivity index (χ2n) is 6.31. The minimum Gasteiger partial charge on any atom is -0.490 e. The summed E-state index contributed by atoms with van der Waals surface area (Å²) < 4.78 is 12.4. The maximum atomic E-state index is 12.9. The lowest BCUT2D eigenvalue weighted by Gasteiger charge is -2.18. The molecule has 1 atom stereocenters. The zero-order valence-corrected chi connectivity index (χ0v) is 18.7. The summed E-state index contributed by atoms with van der Waals surface area (Å²) in [5.74, 6) is 5.56.